The number of hydrogen-bond acceptors (Lipinski definition) is 4. The van der Waals surface area contributed by atoms with Crippen molar-refractivity contribution in [1.82, 2.24) is 9.97 Å². The molecule has 0 aliphatic carbocycles. The second-order valence-corrected chi connectivity index (χ2v) is 3.95. The van der Waals surface area contributed by atoms with Gasteiger partial charge in [-0.2, -0.15) is 0 Å². The van der Waals surface area contributed by atoms with E-state index in [1.54, 1.807) is 12.3 Å². The van der Waals surface area contributed by atoms with Gasteiger partial charge in [0.15, 0.2) is 0 Å². The van der Waals surface area contributed by atoms with Crippen molar-refractivity contribution in [2.75, 3.05) is 0 Å². The monoisotopic (exact) mass is 238 g/mol. The molecule has 0 fully saturated rings. The summed E-state index contributed by atoms with van der Waals surface area (Å²) in [6.07, 6.45) is 1.75. The largest absolute Gasteiger partial charge is 0.408 e. The SMILES string of the molecule is CC(=O)Oc1ccc2c(ccc3cccnc32)n1. The molecule has 0 amide bonds. The minimum atomic E-state index is -0.374. The molecule has 0 saturated heterocycles. The van der Waals surface area contributed by atoms with Crippen LogP contribution in [-0.2, 0) is 4.79 Å². The smallest absolute Gasteiger partial charge is 0.309 e. The number of esters is 1. The molecule has 0 aliphatic rings. The summed E-state index contributed by atoms with van der Waals surface area (Å²) >= 11 is 0. The zero-order valence-corrected chi connectivity index (χ0v) is 9.75. The number of carbonyl (C=O) groups excluding carboxylic acids is 1. The molecule has 0 unspecified atom stereocenters. The molecule has 0 aliphatic heterocycles. The molecule has 88 valence electrons. The summed E-state index contributed by atoms with van der Waals surface area (Å²) < 4.78 is 4.96. The van der Waals surface area contributed by atoms with E-state index >= 15 is 0 Å². The minimum absolute atomic E-state index is 0.310. The molecule has 1 aromatic carbocycles. The first-order valence-electron chi connectivity index (χ1n) is 5.57. The molecule has 18 heavy (non-hydrogen) atoms. The Morgan fingerprint density at radius 3 is 2.89 bits per heavy atom. The van der Waals surface area contributed by atoms with E-state index in [0.29, 0.717) is 5.88 Å². The summed E-state index contributed by atoms with van der Waals surface area (Å²) in [6.45, 7) is 1.35. The highest BCUT2D eigenvalue weighted by molar-refractivity contribution is 6.03. The van der Waals surface area contributed by atoms with Crippen molar-refractivity contribution in [3.8, 4) is 5.88 Å². The third-order valence-corrected chi connectivity index (χ3v) is 2.66. The zero-order chi connectivity index (χ0) is 12.5. The van der Waals surface area contributed by atoms with Crippen molar-refractivity contribution in [3.63, 3.8) is 0 Å². The van der Waals surface area contributed by atoms with Crippen molar-refractivity contribution < 1.29 is 9.53 Å². The Kier molecular flexibility index (Phi) is 2.41. The van der Waals surface area contributed by atoms with Gasteiger partial charge in [-0.3, -0.25) is 9.78 Å². The van der Waals surface area contributed by atoms with Crippen LogP contribution in [0, 0.1) is 0 Å². The molecule has 0 N–H and O–H groups in total. The third kappa shape index (κ3) is 1.78. The van der Waals surface area contributed by atoms with Gasteiger partial charge in [-0.15, -0.1) is 0 Å². The Balaban J connectivity index is 2.24. The molecular formula is C14H10N2O2. The first-order chi connectivity index (χ1) is 8.74. The van der Waals surface area contributed by atoms with Crippen LogP contribution in [0.5, 0.6) is 5.88 Å². The maximum atomic E-state index is 10.9. The van der Waals surface area contributed by atoms with Crippen molar-refractivity contribution in [3.05, 3.63) is 42.6 Å². The van der Waals surface area contributed by atoms with Gasteiger partial charge in [-0.05, 0) is 18.2 Å². The number of pyridine rings is 2. The topological polar surface area (TPSA) is 52.1 Å². The molecule has 0 atom stereocenters. The number of hydrogen-bond donors (Lipinski definition) is 0. The van der Waals surface area contributed by atoms with E-state index in [1.165, 1.54) is 6.92 Å². The first kappa shape index (κ1) is 10.7. The summed E-state index contributed by atoms with van der Waals surface area (Å²) in [5.74, 6) is -0.0638. The summed E-state index contributed by atoms with van der Waals surface area (Å²) in [5.41, 5.74) is 1.66. The second kappa shape index (κ2) is 4.07. The Morgan fingerprint density at radius 1 is 1.17 bits per heavy atom. The van der Waals surface area contributed by atoms with Crippen molar-refractivity contribution in [2.24, 2.45) is 0 Å². The van der Waals surface area contributed by atoms with E-state index in [0.717, 1.165) is 21.8 Å². The molecule has 2 aromatic heterocycles. The fourth-order valence-corrected chi connectivity index (χ4v) is 1.93. The summed E-state index contributed by atoms with van der Waals surface area (Å²) in [4.78, 5) is 19.5. The lowest BCUT2D eigenvalue weighted by molar-refractivity contribution is -0.132. The van der Waals surface area contributed by atoms with Gasteiger partial charge < -0.3 is 4.74 Å². The molecular weight excluding hydrogens is 228 g/mol. The number of nitrogens with zero attached hydrogens (tertiary/aromatic N) is 2. The van der Waals surface area contributed by atoms with E-state index < -0.39 is 0 Å². The van der Waals surface area contributed by atoms with Gasteiger partial charge in [0.2, 0.25) is 5.88 Å². The molecule has 0 spiro atoms. The molecule has 3 aromatic rings. The van der Waals surface area contributed by atoms with E-state index in [9.17, 15) is 4.79 Å². The van der Waals surface area contributed by atoms with E-state index in [4.69, 9.17) is 4.74 Å². The van der Waals surface area contributed by atoms with Crippen LogP contribution >= 0.6 is 0 Å². The Hall–Kier alpha value is -2.49. The standard InChI is InChI=1S/C14H10N2O2/c1-9(17)18-13-7-5-11-12(16-13)6-4-10-3-2-8-15-14(10)11/h2-8H,1H3. The van der Waals surface area contributed by atoms with Crippen molar-refractivity contribution >= 4 is 27.8 Å². The third-order valence-electron chi connectivity index (χ3n) is 2.66. The summed E-state index contributed by atoms with van der Waals surface area (Å²) in [7, 11) is 0. The van der Waals surface area contributed by atoms with E-state index in [2.05, 4.69) is 9.97 Å². The lowest BCUT2D eigenvalue weighted by atomic mass is 10.1. The number of carbonyl (C=O) groups is 1. The lowest BCUT2D eigenvalue weighted by Crippen LogP contribution is -2.02. The number of benzene rings is 1. The second-order valence-electron chi connectivity index (χ2n) is 3.95. The normalized spacial score (nSPS) is 10.7. The highest BCUT2D eigenvalue weighted by atomic mass is 16.5. The van der Waals surface area contributed by atoms with Crippen LogP contribution in [0.1, 0.15) is 6.92 Å². The zero-order valence-electron chi connectivity index (χ0n) is 9.75. The number of ether oxygens (including phenoxy) is 1. The molecule has 2 heterocycles. The fraction of sp³-hybridized carbons (Fsp3) is 0.0714. The average Bonchev–Trinajstić information content (AvgIpc) is 2.37. The van der Waals surface area contributed by atoms with Crippen molar-refractivity contribution in [1.29, 1.82) is 0 Å². The van der Waals surface area contributed by atoms with Gasteiger partial charge in [0.25, 0.3) is 0 Å². The maximum absolute atomic E-state index is 10.9. The van der Waals surface area contributed by atoms with Gasteiger partial charge in [0, 0.05) is 30.0 Å². The molecule has 0 saturated carbocycles. The summed E-state index contributed by atoms with van der Waals surface area (Å²) in [6, 6.07) is 11.3. The van der Waals surface area contributed by atoms with Crippen LogP contribution in [0.25, 0.3) is 21.8 Å². The molecule has 4 nitrogen and oxygen atoms in total. The van der Waals surface area contributed by atoms with Gasteiger partial charge in [-0.1, -0.05) is 12.1 Å². The number of aromatic nitrogens is 2. The van der Waals surface area contributed by atoms with Crippen LogP contribution in [0.4, 0.5) is 0 Å². The van der Waals surface area contributed by atoms with Gasteiger partial charge >= 0.3 is 5.97 Å². The predicted octanol–water partition coefficient (Wildman–Crippen LogP) is 2.71. The maximum Gasteiger partial charge on any atom is 0.309 e. The van der Waals surface area contributed by atoms with Gasteiger partial charge in [-0.25, -0.2) is 4.98 Å². The molecule has 4 heteroatoms. The number of fused-ring (bicyclic) bond motifs is 3. The highest BCUT2D eigenvalue weighted by Crippen LogP contribution is 2.24. The van der Waals surface area contributed by atoms with Crippen molar-refractivity contribution in [2.45, 2.75) is 6.92 Å². The van der Waals surface area contributed by atoms with Crippen LogP contribution < -0.4 is 4.74 Å². The van der Waals surface area contributed by atoms with Crippen LogP contribution in [0.15, 0.2) is 42.6 Å². The van der Waals surface area contributed by atoms with Crippen LogP contribution in [0.2, 0.25) is 0 Å². The average molecular weight is 238 g/mol. The highest BCUT2D eigenvalue weighted by Gasteiger charge is 2.05. The Labute approximate surface area is 103 Å². The van der Waals surface area contributed by atoms with Crippen LogP contribution in [-0.4, -0.2) is 15.9 Å². The lowest BCUT2D eigenvalue weighted by Gasteiger charge is -2.04. The Bertz CT molecular complexity index is 753. The summed E-state index contributed by atoms with van der Waals surface area (Å²) in [5, 5.41) is 2.01. The minimum Gasteiger partial charge on any atom is -0.408 e. The Morgan fingerprint density at radius 2 is 2.06 bits per heavy atom. The number of rotatable bonds is 1. The quantitative estimate of drug-likeness (QED) is 0.483. The van der Waals surface area contributed by atoms with Gasteiger partial charge in [0.1, 0.15) is 0 Å². The molecule has 0 bridgehead atoms. The van der Waals surface area contributed by atoms with E-state index in [1.807, 2.05) is 30.3 Å². The van der Waals surface area contributed by atoms with Crippen LogP contribution in [0.3, 0.4) is 0 Å². The van der Waals surface area contributed by atoms with Gasteiger partial charge in [0.05, 0.1) is 11.0 Å². The fourth-order valence-electron chi connectivity index (χ4n) is 1.93. The molecule has 0 radical (unpaired) electrons. The predicted molar refractivity (Wildman–Crippen MR) is 68.4 cm³/mol. The molecule has 3 rings (SSSR count). The first-order valence-corrected chi connectivity index (χ1v) is 5.57. The van der Waals surface area contributed by atoms with E-state index in [-0.39, 0.29) is 5.97 Å².